The number of aromatic nitrogens is 1. The fraction of sp³-hybridized carbons (Fsp3) is 0.0526. The van der Waals surface area contributed by atoms with Crippen molar-refractivity contribution in [3.05, 3.63) is 96.3 Å². The summed E-state index contributed by atoms with van der Waals surface area (Å²) in [6.07, 6.45) is 3.28. The third-order valence-electron chi connectivity index (χ3n) is 3.42. The number of carbonyl (C=O) groups excluding carboxylic acids is 1. The molecule has 4 heteroatoms. The van der Waals surface area contributed by atoms with Crippen LogP contribution in [-0.4, -0.2) is 10.9 Å². The van der Waals surface area contributed by atoms with Crippen molar-refractivity contribution in [2.75, 3.05) is 4.90 Å². The van der Waals surface area contributed by atoms with Crippen LogP contribution >= 0.6 is 12.4 Å². The average molecular weight is 325 g/mol. The first kappa shape index (κ1) is 16.7. The number of halogens is 1. The summed E-state index contributed by atoms with van der Waals surface area (Å²) in [5.74, 6) is -0.0301. The largest absolute Gasteiger partial charge is 0.304 e. The van der Waals surface area contributed by atoms with Crippen LogP contribution in [0.3, 0.4) is 0 Å². The number of benzene rings is 2. The van der Waals surface area contributed by atoms with Crippen molar-refractivity contribution < 1.29 is 4.79 Å². The van der Waals surface area contributed by atoms with Crippen LogP contribution in [0.15, 0.2) is 85.2 Å². The molecule has 3 rings (SSSR count). The van der Waals surface area contributed by atoms with E-state index < -0.39 is 0 Å². The number of carbonyl (C=O) groups is 1. The number of pyridine rings is 1. The highest BCUT2D eigenvalue weighted by Gasteiger charge is 2.17. The van der Waals surface area contributed by atoms with Crippen LogP contribution in [0.25, 0.3) is 0 Å². The number of hydrogen-bond donors (Lipinski definition) is 0. The van der Waals surface area contributed by atoms with Gasteiger partial charge < -0.3 is 4.90 Å². The lowest BCUT2D eigenvalue weighted by Crippen LogP contribution is -2.30. The van der Waals surface area contributed by atoms with E-state index in [9.17, 15) is 4.79 Å². The molecule has 1 heterocycles. The van der Waals surface area contributed by atoms with E-state index in [1.807, 2.05) is 60.7 Å². The first-order chi connectivity index (χ1) is 10.8. The minimum Gasteiger partial charge on any atom is -0.304 e. The molecule has 0 radical (unpaired) electrons. The highest BCUT2D eigenvalue weighted by atomic mass is 35.5. The third-order valence-corrected chi connectivity index (χ3v) is 3.42. The highest BCUT2D eigenvalue weighted by Crippen LogP contribution is 2.19. The average Bonchev–Trinajstić information content (AvgIpc) is 2.61. The van der Waals surface area contributed by atoms with Crippen molar-refractivity contribution in [3.63, 3.8) is 0 Å². The Morgan fingerprint density at radius 1 is 0.826 bits per heavy atom. The van der Waals surface area contributed by atoms with Gasteiger partial charge in [0, 0.05) is 23.6 Å². The van der Waals surface area contributed by atoms with Gasteiger partial charge in [0.15, 0.2) is 0 Å². The zero-order chi connectivity index (χ0) is 15.2. The van der Waals surface area contributed by atoms with E-state index in [0.29, 0.717) is 12.1 Å². The Morgan fingerprint density at radius 3 is 2.00 bits per heavy atom. The Kier molecular flexibility index (Phi) is 5.89. The van der Waals surface area contributed by atoms with Gasteiger partial charge in [-0.2, -0.15) is 0 Å². The second-order valence-corrected chi connectivity index (χ2v) is 4.95. The topological polar surface area (TPSA) is 33.2 Å². The van der Waals surface area contributed by atoms with E-state index in [2.05, 4.69) is 4.98 Å². The van der Waals surface area contributed by atoms with Crippen molar-refractivity contribution >= 4 is 24.0 Å². The molecule has 0 aliphatic heterocycles. The molecule has 0 N–H and O–H groups in total. The van der Waals surface area contributed by atoms with Gasteiger partial charge in [-0.05, 0) is 29.8 Å². The summed E-state index contributed by atoms with van der Waals surface area (Å²) in [5, 5.41) is 0. The summed E-state index contributed by atoms with van der Waals surface area (Å²) >= 11 is 0. The van der Waals surface area contributed by atoms with Gasteiger partial charge in [-0.3, -0.25) is 9.78 Å². The first-order valence-corrected chi connectivity index (χ1v) is 7.15. The minimum atomic E-state index is -0.0301. The normalized spacial score (nSPS) is 9.74. The van der Waals surface area contributed by atoms with Crippen molar-refractivity contribution in [1.82, 2.24) is 4.98 Å². The summed E-state index contributed by atoms with van der Waals surface area (Å²) in [6.45, 7) is 0.534. The van der Waals surface area contributed by atoms with Crippen molar-refractivity contribution in [2.24, 2.45) is 0 Å². The summed E-state index contributed by atoms with van der Waals surface area (Å²) in [5.41, 5.74) is 2.61. The van der Waals surface area contributed by atoms with E-state index in [0.717, 1.165) is 11.3 Å². The van der Waals surface area contributed by atoms with E-state index in [4.69, 9.17) is 0 Å². The summed E-state index contributed by atoms with van der Waals surface area (Å²) in [6, 6.07) is 23.2. The maximum absolute atomic E-state index is 12.8. The second kappa shape index (κ2) is 8.11. The van der Waals surface area contributed by atoms with Gasteiger partial charge in [0.1, 0.15) is 0 Å². The van der Waals surface area contributed by atoms with E-state index in [1.54, 1.807) is 29.4 Å². The van der Waals surface area contributed by atoms with Crippen molar-refractivity contribution in [2.45, 2.75) is 6.54 Å². The number of para-hydroxylation sites is 1. The van der Waals surface area contributed by atoms with Crippen LogP contribution in [0.2, 0.25) is 0 Å². The number of amides is 1. The molecule has 0 spiro atoms. The molecule has 0 aliphatic rings. The highest BCUT2D eigenvalue weighted by molar-refractivity contribution is 6.05. The van der Waals surface area contributed by atoms with Gasteiger partial charge in [-0.1, -0.05) is 48.5 Å². The summed E-state index contributed by atoms with van der Waals surface area (Å²) in [7, 11) is 0. The molecule has 3 nitrogen and oxygen atoms in total. The number of anilines is 1. The van der Waals surface area contributed by atoms with E-state index in [-0.39, 0.29) is 18.3 Å². The molecule has 0 bridgehead atoms. The molecular weight excluding hydrogens is 308 g/mol. The Morgan fingerprint density at radius 2 is 1.39 bits per heavy atom. The Hall–Kier alpha value is -2.65. The molecular formula is C19H17ClN2O. The molecule has 0 aliphatic carbocycles. The molecule has 116 valence electrons. The van der Waals surface area contributed by atoms with Crippen LogP contribution in [0.1, 0.15) is 15.9 Å². The van der Waals surface area contributed by atoms with E-state index in [1.165, 1.54) is 0 Å². The predicted molar refractivity (Wildman–Crippen MR) is 94.9 cm³/mol. The van der Waals surface area contributed by atoms with E-state index >= 15 is 0 Å². The monoisotopic (exact) mass is 324 g/mol. The third kappa shape index (κ3) is 4.18. The van der Waals surface area contributed by atoms with Gasteiger partial charge >= 0.3 is 0 Å². The molecule has 23 heavy (non-hydrogen) atoms. The van der Waals surface area contributed by atoms with Crippen molar-refractivity contribution in [1.29, 1.82) is 0 Å². The standard InChI is InChI=1S/C19H16N2O.ClH/c22-19(17-11-13-20-14-12-17)21(18-9-5-2-6-10-18)15-16-7-3-1-4-8-16;/h1-14H,15H2;1H. The summed E-state index contributed by atoms with van der Waals surface area (Å²) < 4.78 is 0. The minimum absolute atomic E-state index is 0. The Balaban J connectivity index is 0.00000192. The lowest BCUT2D eigenvalue weighted by Gasteiger charge is -2.23. The molecule has 0 fully saturated rings. The second-order valence-electron chi connectivity index (χ2n) is 4.95. The lowest BCUT2D eigenvalue weighted by molar-refractivity contribution is 0.0985. The molecule has 0 saturated carbocycles. The van der Waals surface area contributed by atoms with Crippen molar-refractivity contribution in [3.8, 4) is 0 Å². The molecule has 0 saturated heterocycles. The van der Waals surface area contributed by atoms with Gasteiger partial charge in [0.2, 0.25) is 0 Å². The zero-order valence-corrected chi connectivity index (χ0v) is 13.3. The molecule has 3 aromatic rings. The van der Waals surface area contributed by atoms with Crippen LogP contribution in [0.5, 0.6) is 0 Å². The summed E-state index contributed by atoms with van der Waals surface area (Å²) in [4.78, 5) is 18.6. The smallest absolute Gasteiger partial charge is 0.258 e. The fourth-order valence-electron chi connectivity index (χ4n) is 2.30. The van der Waals surface area contributed by atoms with Gasteiger partial charge in [0.05, 0.1) is 6.54 Å². The van der Waals surface area contributed by atoms with Crippen LogP contribution < -0.4 is 4.90 Å². The van der Waals surface area contributed by atoms with Gasteiger partial charge in [-0.25, -0.2) is 0 Å². The van der Waals surface area contributed by atoms with Gasteiger partial charge in [0.25, 0.3) is 5.91 Å². The predicted octanol–water partition coefficient (Wildman–Crippen LogP) is 4.35. The molecule has 1 amide bonds. The maximum Gasteiger partial charge on any atom is 0.258 e. The SMILES string of the molecule is Cl.O=C(c1ccncc1)N(Cc1ccccc1)c1ccccc1. The van der Waals surface area contributed by atoms with Crippen LogP contribution in [0.4, 0.5) is 5.69 Å². The molecule has 0 atom stereocenters. The lowest BCUT2D eigenvalue weighted by atomic mass is 10.1. The molecule has 1 aromatic heterocycles. The maximum atomic E-state index is 12.8. The number of hydrogen-bond acceptors (Lipinski definition) is 2. The number of rotatable bonds is 4. The van der Waals surface area contributed by atoms with Crippen LogP contribution in [0, 0.1) is 0 Å². The fourth-order valence-corrected chi connectivity index (χ4v) is 2.30. The van der Waals surface area contributed by atoms with Gasteiger partial charge in [-0.15, -0.1) is 12.4 Å². The Bertz CT molecular complexity index is 733. The quantitative estimate of drug-likeness (QED) is 0.714. The Labute approximate surface area is 142 Å². The molecule has 0 unspecified atom stereocenters. The van der Waals surface area contributed by atoms with Crippen LogP contribution in [-0.2, 0) is 6.54 Å². The number of nitrogens with zero attached hydrogens (tertiary/aromatic N) is 2. The zero-order valence-electron chi connectivity index (χ0n) is 12.5. The first-order valence-electron chi connectivity index (χ1n) is 7.15. The molecule has 2 aromatic carbocycles.